The Morgan fingerprint density at radius 2 is 2.20 bits per heavy atom. The van der Waals surface area contributed by atoms with Gasteiger partial charge in [-0.3, -0.25) is 4.40 Å². The Morgan fingerprint density at radius 1 is 1.32 bits per heavy atom. The third-order valence-electron chi connectivity index (χ3n) is 3.75. The number of esters is 1. The Balaban J connectivity index is 1.81. The van der Waals surface area contributed by atoms with Crippen molar-refractivity contribution in [2.24, 2.45) is 0 Å². The molecule has 0 spiro atoms. The minimum atomic E-state index is -0.315. The number of nitrogens with zero attached hydrogens (tertiary/aromatic N) is 4. The molecule has 8 heteroatoms. The molecule has 0 aromatic carbocycles. The molecule has 4 aromatic heterocycles. The first-order valence-corrected chi connectivity index (χ1v) is 9.33. The first-order valence-electron chi connectivity index (χ1n) is 7.70. The maximum atomic E-state index is 12.2. The summed E-state index contributed by atoms with van der Waals surface area (Å²) >= 11 is 2.80. The van der Waals surface area contributed by atoms with Crippen LogP contribution in [-0.4, -0.2) is 31.9 Å². The number of rotatable bonds is 4. The molecular weight excluding hydrogens is 356 g/mol. The maximum Gasteiger partial charge on any atom is 0.348 e. The van der Waals surface area contributed by atoms with Crippen LogP contribution in [0.3, 0.4) is 0 Å². The fourth-order valence-corrected chi connectivity index (χ4v) is 4.69. The molecule has 126 valence electrons. The molecule has 0 radical (unpaired) electrons. The Labute approximate surface area is 151 Å². The zero-order valence-corrected chi connectivity index (χ0v) is 15.2. The van der Waals surface area contributed by atoms with Crippen LogP contribution < -0.4 is 0 Å². The average molecular weight is 370 g/mol. The van der Waals surface area contributed by atoms with E-state index in [-0.39, 0.29) is 5.97 Å². The molecule has 0 N–H and O–H groups in total. The number of pyridine rings is 1. The van der Waals surface area contributed by atoms with Crippen molar-refractivity contribution >= 4 is 44.8 Å². The molecule has 0 saturated heterocycles. The summed E-state index contributed by atoms with van der Waals surface area (Å²) in [5.74, 6) is -0.315. The van der Waals surface area contributed by atoms with E-state index in [0.717, 1.165) is 31.5 Å². The molecule has 0 aliphatic rings. The van der Waals surface area contributed by atoms with Crippen molar-refractivity contribution < 1.29 is 9.53 Å². The van der Waals surface area contributed by atoms with Crippen LogP contribution in [-0.2, 0) is 4.74 Å². The normalized spacial score (nSPS) is 11.3. The van der Waals surface area contributed by atoms with E-state index in [1.54, 1.807) is 6.92 Å². The summed E-state index contributed by atoms with van der Waals surface area (Å²) in [6, 6.07) is 5.94. The van der Waals surface area contributed by atoms with E-state index in [4.69, 9.17) is 4.74 Å². The largest absolute Gasteiger partial charge is 0.462 e. The molecule has 6 nitrogen and oxygen atoms in total. The summed E-state index contributed by atoms with van der Waals surface area (Å²) in [4.78, 5) is 26.7. The molecule has 0 saturated carbocycles. The predicted molar refractivity (Wildman–Crippen MR) is 97.4 cm³/mol. The lowest BCUT2D eigenvalue weighted by molar-refractivity contribution is 0.0531. The van der Waals surface area contributed by atoms with E-state index < -0.39 is 0 Å². The van der Waals surface area contributed by atoms with Gasteiger partial charge in [0, 0.05) is 11.6 Å². The fourth-order valence-electron chi connectivity index (χ4n) is 2.59. The minimum absolute atomic E-state index is 0.315. The van der Waals surface area contributed by atoms with Gasteiger partial charge < -0.3 is 4.74 Å². The van der Waals surface area contributed by atoms with Crippen molar-refractivity contribution in [2.45, 2.75) is 24.0 Å². The van der Waals surface area contributed by atoms with Crippen LogP contribution in [0.2, 0.25) is 0 Å². The van der Waals surface area contributed by atoms with E-state index in [0.29, 0.717) is 11.5 Å². The van der Waals surface area contributed by atoms with Gasteiger partial charge in [0.1, 0.15) is 21.1 Å². The van der Waals surface area contributed by atoms with Crippen LogP contribution in [0.4, 0.5) is 0 Å². The van der Waals surface area contributed by atoms with Crippen molar-refractivity contribution in [1.82, 2.24) is 19.4 Å². The van der Waals surface area contributed by atoms with Crippen LogP contribution >= 0.6 is 23.1 Å². The monoisotopic (exact) mass is 370 g/mol. The SMILES string of the molecule is CCOC(=O)c1sc2ncnc(Sc3ncc4ccccn34)c2c1C. The van der Waals surface area contributed by atoms with Gasteiger partial charge in [-0.25, -0.2) is 19.7 Å². The van der Waals surface area contributed by atoms with E-state index in [9.17, 15) is 4.79 Å². The molecule has 0 fully saturated rings. The fraction of sp³-hybridized carbons (Fsp3) is 0.176. The van der Waals surface area contributed by atoms with Crippen molar-refractivity contribution in [2.75, 3.05) is 6.61 Å². The molecule has 4 aromatic rings. The molecule has 25 heavy (non-hydrogen) atoms. The molecule has 0 aliphatic heterocycles. The Bertz CT molecular complexity index is 1090. The summed E-state index contributed by atoms with van der Waals surface area (Å²) in [6.45, 7) is 4.05. The summed E-state index contributed by atoms with van der Waals surface area (Å²) in [5, 5.41) is 2.48. The topological polar surface area (TPSA) is 69.4 Å². The molecular formula is C17H14N4O2S2. The third-order valence-corrected chi connectivity index (χ3v) is 5.91. The molecule has 0 amide bonds. The minimum Gasteiger partial charge on any atom is -0.462 e. The predicted octanol–water partition coefficient (Wildman–Crippen LogP) is 3.98. The van der Waals surface area contributed by atoms with E-state index >= 15 is 0 Å². The number of hydrogen-bond acceptors (Lipinski definition) is 7. The number of carbonyl (C=O) groups is 1. The Hall–Kier alpha value is -2.45. The number of imidazole rings is 1. The van der Waals surface area contributed by atoms with Gasteiger partial charge in [0.05, 0.1) is 18.3 Å². The summed E-state index contributed by atoms with van der Waals surface area (Å²) in [7, 11) is 0. The molecule has 0 unspecified atom stereocenters. The molecule has 4 heterocycles. The van der Waals surface area contributed by atoms with Gasteiger partial charge in [-0.05, 0) is 43.3 Å². The van der Waals surface area contributed by atoms with Crippen LogP contribution in [0.25, 0.3) is 15.7 Å². The number of thiophene rings is 1. The second kappa shape index (κ2) is 6.45. The smallest absolute Gasteiger partial charge is 0.348 e. The maximum absolute atomic E-state index is 12.2. The Morgan fingerprint density at radius 3 is 3.04 bits per heavy atom. The number of hydrogen-bond donors (Lipinski definition) is 0. The highest BCUT2D eigenvalue weighted by Gasteiger charge is 2.21. The van der Waals surface area contributed by atoms with E-state index in [1.165, 1.54) is 29.4 Å². The first-order chi connectivity index (χ1) is 12.2. The second-order valence-corrected chi connectivity index (χ2v) is 7.23. The van der Waals surface area contributed by atoms with Gasteiger partial charge in [0.15, 0.2) is 5.16 Å². The molecule has 0 bridgehead atoms. The highest BCUT2D eigenvalue weighted by Crippen LogP contribution is 2.37. The zero-order chi connectivity index (χ0) is 17.4. The van der Waals surface area contributed by atoms with Crippen molar-refractivity contribution in [3.05, 3.63) is 47.4 Å². The summed E-state index contributed by atoms with van der Waals surface area (Å²) < 4.78 is 7.15. The van der Waals surface area contributed by atoms with Crippen molar-refractivity contribution in [3.63, 3.8) is 0 Å². The van der Waals surface area contributed by atoms with Crippen molar-refractivity contribution in [1.29, 1.82) is 0 Å². The Kier molecular flexibility index (Phi) is 4.14. The molecule has 0 aliphatic carbocycles. The summed E-state index contributed by atoms with van der Waals surface area (Å²) in [5.41, 5.74) is 1.87. The number of ether oxygens (including phenoxy) is 1. The molecule has 4 rings (SSSR count). The van der Waals surface area contributed by atoms with Gasteiger partial charge in [0.2, 0.25) is 0 Å². The van der Waals surface area contributed by atoms with Gasteiger partial charge in [0.25, 0.3) is 0 Å². The average Bonchev–Trinajstić information content (AvgIpc) is 3.18. The zero-order valence-electron chi connectivity index (χ0n) is 13.6. The van der Waals surface area contributed by atoms with Crippen LogP contribution in [0.15, 0.2) is 47.1 Å². The third kappa shape index (κ3) is 2.77. The highest BCUT2D eigenvalue weighted by molar-refractivity contribution is 7.99. The summed E-state index contributed by atoms with van der Waals surface area (Å²) in [6.07, 6.45) is 5.31. The lowest BCUT2D eigenvalue weighted by atomic mass is 10.2. The second-order valence-electron chi connectivity index (χ2n) is 5.27. The highest BCUT2D eigenvalue weighted by atomic mass is 32.2. The van der Waals surface area contributed by atoms with Gasteiger partial charge in [-0.2, -0.15) is 0 Å². The van der Waals surface area contributed by atoms with E-state index in [1.807, 2.05) is 41.9 Å². The van der Waals surface area contributed by atoms with Crippen LogP contribution in [0.5, 0.6) is 0 Å². The van der Waals surface area contributed by atoms with Gasteiger partial charge in [-0.15, -0.1) is 11.3 Å². The van der Waals surface area contributed by atoms with Crippen LogP contribution in [0.1, 0.15) is 22.2 Å². The number of fused-ring (bicyclic) bond motifs is 2. The number of carbonyl (C=O) groups excluding carboxylic acids is 1. The van der Waals surface area contributed by atoms with E-state index in [2.05, 4.69) is 15.0 Å². The van der Waals surface area contributed by atoms with Crippen molar-refractivity contribution in [3.8, 4) is 0 Å². The lowest BCUT2D eigenvalue weighted by Crippen LogP contribution is -2.03. The van der Waals surface area contributed by atoms with Gasteiger partial charge >= 0.3 is 5.97 Å². The quantitative estimate of drug-likeness (QED) is 0.400. The number of aromatic nitrogens is 4. The first kappa shape index (κ1) is 16.0. The van der Waals surface area contributed by atoms with Crippen LogP contribution in [0, 0.1) is 6.92 Å². The number of aryl methyl sites for hydroxylation is 1. The standard InChI is InChI=1S/C17H14N4O2S2/c1-3-23-16(22)13-10(2)12-14(24-13)19-9-20-15(12)25-17-18-8-11-6-4-5-7-21(11)17/h4-9H,3H2,1-2H3. The van der Waals surface area contributed by atoms with Gasteiger partial charge in [-0.1, -0.05) is 6.07 Å². The molecule has 0 atom stereocenters. The lowest BCUT2D eigenvalue weighted by Gasteiger charge is -2.03.